The normalized spacial score (nSPS) is 17.2. The summed E-state index contributed by atoms with van der Waals surface area (Å²) in [5.41, 5.74) is 1.65. The Bertz CT molecular complexity index is 473. The molecule has 0 aromatic heterocycles. The van der Waals surface area contributed by atoms with E-state index in [0.29, 0.717) is 16.6 Å². The molecule has 0 N–H and O–H groups in total. The van der Waals surface area contributed by atoms with Gasteiger partial charge >= 0.3 is 0 Å². The molecule has 0 amide bonds. The third-order valence-corrected chi connectivity index (χ3v) is 4.25. The number of anilines is 1. The van der Waals surface area contributed by atoms with Gasteiger partial charge in [-0.1, -0.05) is 18.5 Å². The molecule has 1 fully saturated rings. The fraction of sp³-hybridized carbons (Fsp3) is 0.533. The Labute approximate surface area is 120 Å². The minimum atomic E-state index is 0.510. The second-order valence-corrected chi connectivity index (χ2v) is 5.49. The second kappa shape index (κ2) is 6.27. The van der Waals surface area contributed by atoms with Gasteiger partial charge in [-0.05, 0) is 37.6 Å². The molecule has 0 unspecified atom stereocenters. The Morgan fingerprint density at radius 1 is 1.42 bits per heavy atom. The number of halogens is 1. The van der Waals surface area contributed by atoms with Crippen LogP contribution in [0.4, 0.5) is 5.69 Å². The quantitative estimate of drug-likeness (QED) is 0.850. The lowest BCUT2D eigenvalue weighted by Crippen LogP contribution is -2.43. The van der Waals surface area contributed by atoms with Gasteiger partial charge in [0.25, 0.3) is 0 Å². The van der Waals surface area contributed by atoms with Crippen LogP contribution in [0.3, 0.4) is 0 Å². The maximum Gasteiger partial charge on any atom is 0.101 e. The van der Waals surface area contributed by atoms with Crippen molar-refractivity contribution in [3.63, 3.8) is 0 Å². The van der Waals surface area contributed by atoms with Gasteiger partial charge in [-0.25, -0.2) is 0 Å². The van der Waals surface area contributed by atoms with Crippen molar-refractivity contribution >= 4 is 17.3 Å². The van der Waals surface area contributed by atoms with Gasteiger partial charge in [-0.3, -0.25) is 0 Å². The van der Waals surface area contributed by atoms with Crippen LogP contribution in [-0.4, -0.2) is 37.6 Å². The summed E-state index contributed by atoms with van der Waals surface area (Å²) in [4.78, 5) is 4.71. The molecule has 0 spiro atoms. The topological polar surface area (TPSA) is 30.3 Å². The molecule has 1 aliphatic rings. The van der Waals surface area contributed by atoms with Crippen LogP contribution >= 0.6 is 11.6 Å². The smallest absolute Gasteiger partial charge is 0.101 e. The molecule has 1 heterocycles. The largest absolute Gasteiger partial charge is 0.370 e. The van der Waals surface area contributed by atoms with Crippen molar-refractivity contribution in [2.45, 2.75) is 25.8 Å². The molecule has 1 aliphatic heterocycles. The average Bonchev–Trinajstić information content (AvgIpc) is 2.46. The lowest BCUT2D eigenvalue weighted by molar-refractivity contribution is 0.221. The highest BCUT2D eigenvalue weighted by Crippen LogP contribution is 2.27. The van der Waals surface area contributed by atoms with Gasteiger partial charge in [0.2, 0.25) is 0 Å². The molecule has 1 saturated heterocycles. The molecule has 1 aromatic carbocycles. The predicted octanol–water partition coefficient (Wildman–Crippen LogP) is 3.13. The zero-order chi connectivity index (χ0) is 13.8. The molecule has 4 heteroatoms. The lowest BCUT2D eigenvalue weighted by Gasteiger charge is -2.37. The predicted molar refractivity (Wildman–Crippen MR) is 79.7 cm³/mol. The Kier molecular flexibility index (Phi) is 4.68. The number of benzene rings is 1. The van der Waals surface area contributed by atoms with Crippen LogP contribution in [0.25, 0.3) is 0 Å². The van der Waals surface area contributed by atoms with Crippen molar-refractivity contribution in [3.8, 4) is 6.07 Å². The Morgan fingerprint density at radius 3 is 2.68 bits per heavy atom. The maximum absolute atomic E-state index is 9.23. The van der Waals surface area contributed by atoms with Crippen LogP contribution in [0, 0.1) is 11.3 Å². The molecule has 2 rings (SSSR count). The molecular weight excluding hydrogens is 258 g/mol. The summed E-state index contributed by atoms with van der Waals surface area (Å²) < 4.78 is 0. The molecule has 0 atom stereocenters. The summed E-state index contributed by atoms with van der Waals surface area (Å²) in [6, 6.07) is 8.30. The highest BCUT2D eigenvalue weighted by molar-refractivity contribution is 6.30. The number of hydrogen-bond donors (Lipinski definition) is 0. The van der Waals surface area contributed by atoms with Crippen molar-refractivity contribution in [2.24, 2.45) is 0 Å². The van der Waals surface area contributed by atoms with Crippen molar-refractivity contribution in [3.05, 3.63) is 28.8 Å². The number of piperidine rings is 1. The lowest BCUT2D eigenvalue weighted by atomic mass is 10.0. The van der Waals surface area contributed by atoms with Crippen LogP contribution in [0.15, 0.2) is 18.2 Å². The SMILES string of the molecule is CCN1CCC(N(C)c2ccc(Cl)cc2C#N)CC1. The first-order valence-electron chi connectivity index (χ1n) is 6.80. The summed E-state index contributed by atoms with van der Waals surface area (Å²) in [6.45, 7) is 5.61. The van der Waals surface area contributed by atoms with Crippen molar-refractivity contribution in [1.82, 2.24) is 4.90 Å². The van der Waals surface area contributed by atoms with E-state index in [4.69, 9.17) is 11.6 Å². The van der Waals surface area contributed by atoms with Crippen molar-refractivity contribution < 1.29 is 0 Å². The minimum absolute atomic E-state index is 0.510. The van der Waals surface area contributed by atoms with E-state index < -0.39 is 0 Å². The van der Waals surface area contributed by atoms with Crippen molar-refractivity contribution in [2.75, 3.05) is 31.6 Å². The first-order valence-corrected chi connectivity index (χ1v) is 7.18. The minimum Gasteiger partial charge on any atom is -0.370 e. The first-order chi connectivity index (χ1) is 9.15. The Hall–Kier alpha value is -1.24. The van der Waals surface area contributed by atoms with Crippen LogP contribution in [-0.2, 0) is 0 Å². The van der Waals surface area contributed by atoms with E-state index in [9.17, 15) is 5.26 Å². The molecule has 0 bridgehead atoms. The van der Waals surface area contributed by atoms with Gasteiger partial charge in [0.1, 0.15) is 6.07 Å². The van der Waals surface area contributed by atoms with Crippen LogP contribution in [0.2, 0.25) is 5.02 Å². The standard InChI is InChI=1S/C15H20ClN3/c1-3-19-8-6-14(7-9-19)18(2)15-5-4-13(16)10-12(15)11-17/h4-5,10,14H,3,6-9H2,1-2H3. The molecule has 102 valence electrons. The molecule has 0 aliphatic carbocycles. The molecule has 1 aromatic rings. The number of nitriles is 1. The van der Waals surface area contributed by atoms with Crippen LogP contribution in [0.1, 0.15) is 25.3 Å². The summed E-state index contributed by atoms with van der Waals surface area (Å²) >= 11 is 5.95. The fourth-order valence-corrected chi connectivity index (χ4v) is 2.90. The summed E-state index contributed by atoms with van der Waals surface area (Å²) in [7, 11) is 2.08. The molecular formula is C15H20ClN3. The second-order valence-electron chi connectivity index (χ2n) is 5.05. The zero-order valence-electron chi connectivity index (χ0n) is 11.6. The van der Waals surface area contributed by atoms with E-state index in [2.05, 4.69) is 29.8 Å². The first kappa shape index (κ1) is 14.2. The Balaban J connectivity index is 2.12. The fourth-order valence-electron chi connectivity index (χ4n) is 2.72. The summed E-state index contributed by atoms with van der Waals surface area (Å²) in [5.74, 6) is 0. The van der Waals surface area contributed by atoms with Gasteiger partial charge in [0.15, 0.2) is 0 Å². The molecule has 3 nitrogen and oxygen atoms in total. The third-order valence-electron chi connectivity index (χ3n) is 4.01. The van der Waals surface area contributed by atoms with Gasteiger partial charge in [0, 0.05) is 31.2 Å². The molecule has 19 heavy (non-hydrogen) atoms. The van der Waals surface area contributed by atoms with E-state index in [0.717, 1.165) is 38.2 Å². The third kappa shape index (κ3) is 3.20. The van der Waals surface area contributed by atoms with Crippen LogP contribution < -0.4 is 4.90 Å². The van der Waals surface area contributed by atoms with Gasteiger partial charge in [0.05, 0.1) is 11.3 Å². The van der Waals surface area contributed by atoms with Crippen LogP contribution in [0.5, 0.6) is 0 Å². The van der Waals surface area contributed by atoms with Gasteiger partial charge in [-0.15, -0.1) is 0 Å². The number of rotatable bonds is 3. The van der Waals surface area contributed by atoms with E-state index in [1.165, 1.54) is 0 Å². The zero-order valence-corrected chi connectivity index (χ0v) is 12.3. The molecule has 0 radical (unpaired) electrons. The van der Waals surface area contributed by atoms with E-state index in [1.54, 1.807) is 6.07 Å². The van der Waals surface area contributed by atoms with E-state index in [-0.39, 0.29) is 0 Å². The van der Waals surface area contributed by atoms with Gasteiger partial charge in [-0.2, -0.15) is 5.26 Å². The molecule has 0 saturated carbocycles. The number of nitrogens with zero attached hydrogens (tertiary/aromatic N) is 3. The van der Waals surface area contributed by atoms with Crippen molar-refractivity contribution in [1.29, 1.82) is 5.26 Å². The summed E-state index contributed by atoms with van der Waals surface area (Å²) in [6.07, 6.45) is 2.30. The van der Waals surface area contributed by atoms with Gasteiger partial charge < -0.3 is 9.80 Å². The Morgan fingerprint density at radius 2 is 2.11 bits per heavy atom. The average molecular weight is 278 g/mol. The monoisotopic (exact) mass is 277 g/mol. The summed E-state index contributed by atoms with van der Waals surface area (Å²) in [5, 5.41) is 9.85. The number of hydrogen-bond acceptors (Lipinski definition) is 3. The van der Waals surface area contributed by atoms with E-state index in [1.807, 2.05) is 12.1 Å². The highest BCUT2D eigenvalue weighted by Gasteiger charge is 2.23. The maximum atomic E-state index is 9.23. The van der Waals surface area contributed by atoms with E-state index >= 15 is 0 Å². The number of likely N-dealkylation sites (tertiary alicyclic amines) is 1. The highest BCUT2D eigenvalue weighted by atomic mass is 35.5.